The number of amides is 1. The van der Waals surface area contributed by atoms with Crippen molar-refractivity contribution in [3.63, 3.8) is 0 Å². The van der Waals surface area contributed by atoms with Crippen molar-refractivity contribution in [3.8, 4) is 11.5 Å². The summed E-state index contributed by atoms with van der Waals surface area (Å²) in [5.41, 5.74) is 1.81. The van der Waals surface area contributed by atoms with Crippen LogP contribution < -0.4 is 14.8 Å². The maximum atomic E-state index is 12.1. The van der Waals surface area contributed by atoms with Gasteiger partial charge in [-0.05, 0) is 24.3 Å². The summed E-state index contributed by atoms with van der Waals surface area (Å²) in [6.45, 7) is 1.03. The average Bonchev–Trinajstić information content (AvgIpc) is 3.03. The van der Waals surface area contributed by atoms with Crippen molar-refractivity contribution in [3.05, 3.63) is 54.4 Å². The van der Waals surface area contributed by atoms with Crippen LogP contribution in [0.4, 0.5) is 0 Å². The number of carbonyl (C=O) groups is 1. The van der Waals surface area contributed by atoms with Crippen molar-refractivity contribution in [2.45, 2.75) is 18.9 Å². The van der Waals surface area contributed by atoms with Crippen LogP contribution in [0.3, 0.4) is 0 Å². The number of H-pyrrole nitrogens is 1. The Morgan fingerprint density at radius 1 is 1.16 bits per heavy atom. The molecule has 2 N–H and O–H groups in total. The number of fused-ring (bicyclic) bond motifs is 2. The third-order valence-electron chi connectivity index (χ3n) is 4.12. The van der Waals surface area contributed by atoms with Crippen LogP contribution in [-0.2, 0) is 11.2 Å². The minimum absolute atomic E-state index is 0.0543. The fourth-order valence-electron chi connectivity index (χ4n) is 2.88. The summed E-state index contributed by atoms with van der Waals surface area (Å²) < 4.78 is 11.5. The van der Waals surface area contributed by atoms with Gasteiger partial charge in [0.15, 0.2) is 11.5 Å². The van der Waals surface area contributed by atoms with E-state index in [1.807, 2.05) is 48.5 Å². The molecule has 4 rings (SSSR count). The van der Waals surface area contributed by atoms with E-state index in [0.29, 0.717) is 25.4 Å². The first kappa shape index (κ1) is 15.5. The number of nitrogens with zero attached hydrogens (tertiary/aromatic N) is 1. The van der Waals surface area contributed by atoms with Crippen molar-refractivity contribution >= 4 is 16.9 Å². The topological polar surface area (TPSA) is 76.2 Å². The van der Waals surface area contributed by atoms with Gasteiger partial charge in [-0.1, -0.05) is 24.3 Å². The third-order valence-corrected chi connectivity index (χ3v) is 4.12. The van der Waals surface area contributed by atoms with E-state index in [1.165, 1.54) is 0 Å². The van der Waals surface area contributed by atoms with E-state index in [1.54, 1.807) is 0 Å². The second kappa shape index (κ2) is 6.84. The van der Waals surface area contributed by atoms with Gasteiger partial charge in [-0.15, -0.1) is 0 Å². The molecule has 1 atom stereocenters. The normalized spacial score (nSPS) is 15.9. The molecule has 0 spiro atoms. The smallest absolute Gasteiger partial charge is 0.227 e. The number of hydrogen-bond donors (Lipinski definition) is 2. The van der Waals surface area contributed by atoms with Gasteiger partial charge in [0.1, 0.15) is 18.5 Å². The van der Waals surface area contributed by atoms with Gasteiger partial charge in [0.25, 0.3) is 0 Å². The summed E-state index contributed by atoms with van der Waals surface area (Å²) in [4.78, 5) is 19.7. The molecule has 6 heteroatoms. The van der Waals surface area contributed by atoms with Crippen LogP contribution in [0.15, 0.2) is 48.5 Å². The predicted molar refractivity (Wildman–Crippen MR) is 93.8 cm³/mol. The molecule has 0 saturated carbocycles. The summed E-state index contributed by atoms with van der Waals surface area (Å²) in [6, 6.07) is 15.3. The molecule has 6 nitrogen and oxygen atoms in total. The van der Waals surface area contributed by atoms with Gasteiger partial charge in [0.05, 0.1) is 17.5 Å². The minimum Gasteiger partial charge on any atom is -0.486 e. The maximum absolute atomic E-state index is 12.1. The van der Waals surface area contributed by atoms with Gasteiger partial charge in [0.2, 0.25) is 5.91 Å². The molecule has 2 aromatic carbocycles. The highest BCUT2D eigenvalue weighted by Crippen LogP contribution is 2.31. The molecule has 0 bridgehead atoms. The Bertz CT molecular complexity index is 857. The molecule has 1 aliphatic rings. The third kappa shape index (κ3) is 3.57. The SMILES string of the molecule is O=C(Cc1nc2ccccc2[nH]1)NCCC1COc2ccccc2O1. The van der Waals surface area contributed by atoms with E-state index in [4.69, 9.17) is 9.47 Å². The van der Waals surface area contributed by atoms with Crippen LogP contribution in [-0.4, -0.2) is 35.1 Å². The zero-order valence-corrected chi connectivity index (χ0v) is 13.7. The molecule has 0 fully saturated rings. The largest absolute Gasteiger partial charge is 0.486 e. The van der Waals surface area contributed by atoms with E-state index in [9.17, 15) is 4.79 Å². The van der Waals surface area contributed by atoms with Gasteiger partial charge in [-0.25, -0.2) is 4.98 Å². The summed E-state index contributed by atoms with van der Waals surface area (Å²) in [5.74, 6) is 2.14. The average molecular weight is 337 g/mol. The molecular formula is C19H19N3O3. The Morgan fingerprint density at radius 2 is 1.96 bits per heavy atom. The summed E-state index contributed by atoms with van der Waals surface area (Å²) >= 11 is 0. The van der Waals surface area contributed by atoms with Gasteiger partial charge >= 0.3 is 0 Å². The molecule has 2 heterocycles. The van der Waals surface area contributed by atoms with Crippen molar-refractivity contribution in [2.75, 3.05) is 13.2 Å². The molecule has 1 aromatic heterocycles. The van der Waals surface area contributed by atoms with E-state index in [0.717, 1.165) is 22.5 Å². The lowest BCUT2D eigenvalue weighted by Crippen LogP contribution is -2.34. The molecule has 1 unspecified atom stereocenters. The fraction of sp³-hybridized carbons (Fsp3) is 0.263. The molecule has 3 aromatic rings. The monoisotopic (exact) mass is 337 g/mol. The molecule has 0 saturated heterocycles. The first-order valence-corrected chi connectivity index (χ1v) is 8.37. The number of nitrogens with one attached hydrogen (secondary N) is 2. The number of carbonyl (C=O) groups excluding carboxylic acids is 1. The zero-order valence-electron chi connectivity index (χ0n) is 13.7. The lowest BCUT2D eigenvalue weighted by molar-refractivity contribution is -0.120. The molecule has 25 heavy (non-hydrogen) atoms. The Hall–Kier alpha value is -3.02. The number of ether oxygens (including phenoxy) is 2. The van der Waals surface area contributed by atoms with Gasteiger partial charge in [-0.3, -0.25) is 4.79 Å². The standard InChI is InChI=1S/C19H19N3O3/c23-19(11-18-21-14-5-1-2-6-15(14)22-18)20-10-9-13-12-24-16-7-3-4-8-17(16)25-13/h1-8,13H,9-12H2,(H,20,23)(H,21,22). The highest BCUT2D eigenvalue weighted by atomic mass is 16.6. The van der Waals surface area contributed by atoms with Crippen LogP contribution in [0, 0.1) is 0 Å². The summed E-state index contributed by atoms with van der Waals surface area (Å²) in [5, 5.41) is 2.91. The predicted octanol–water partition coefficient (Wildman–Crippen LogP) is 2.45. The highest BCUT2D eigenvalue weighted by molar-refractivity contribution is 5.80. The number of imidazole rings is 1. The second-order valence-electron chi connectivity index (χ2n) is 6.01. The van der Waals surface area contributed by atoms with E-state index in [2.05, 4.69) is 15.3 Å². The number of hydrogen-bond acceptors (Lipinski definition) is 4. The van der Waals surface area contributed by atoms with Gasteiger partial charge in [0, 0.05) is 13.0 Å². The van der Waals surface area contributed by atoms with E-state index < -0.39 is 0 Å². The Labute approximate surface area is 145 Å². The van der Waals surface area contributed by atoms with E-state index >= 15 is 0 Å². The van der Waals surface area contributed by atoms with Crippen LogP contribution in [0.25, 0.3) is 11.0 Å². The number of para-hydroxylation sites is 4. The molecule has 1 aliphatic heterocycles. The molecular weight excluding hydrogens is 318 g/mol. The fourth-order valence-corrected chi connectivity index (χ4v) is 2.88. The Balaban J connectivity index is 1.25. The van der Waals surface area contributed by atoms with Crippen molar-refractivity contribution < 1.29 is 14.3 Å². The Morgan fingerprint density at radius 3 is 2.84 bits per heavy atom. The van der Waals surface area contributed by atoms with Crippen LogP contribution in [0.5, 0.6) is 11.5 Å². The number of aromatic nitrogens is 2. The van der Waals surface area contributed by atoms with Gasteiger partial charge in [-0.2, -0.15) is 0 Å². The number of aromatic amines is 1. The van der Waals surface area contributed by atoms with Crippen LogP contribution >= 0.6 is 0 Å². The van der Waals surface area contributed by atoms with Crippen molar-refractivity contribution in [1.29, 1.82) is 0 Å². The maximum Gasteiger partial charge on any atom is 0.227 e. The first-order valence-electron chi connectivity index (χ1n) is 8.37. The lowest BCUT2D eigenvalue weighted by atomic mass is 10.2. The molecule has 0 aliphatic carbocycles. The van der Waals surface area contributed by atoms with E-state index in [-0.39, 0.29) is 18.4 Å². The summed E-state index contributed by atoms with van der Waals surface area (Å²) in [6.07, 6.45) is 0.876. The first-order chi connectivity index (χ1) is 12.3. The lowest BCUT2D eigenvalue weighted by Gasteiger charge is -2.26. The number of rotatable bonds is 5. The van der Waals surface area contributed by atoms with Crippen LogP contribution in [0.1, 0.15) is 12.2 Å². The minimum atomic E-state index is -0.0591. The van der Waals surface area contributed by atoms with Crippen molar-refractivity contribution in [1.82, 2.24) is 15.3 Å². The highest BCUT2D eigenvalue weighted by Gasteiger charge is 2.20. The molecule has 1 amide bonds. The summed E-state index contributed by atoms with van der Waals surface area (Å²) in [7, 11) is 0. The second-order valence-corrected chi connectivity index (χ2v) is 6.01. The van der Waals surface area contributed by atoms with Crippen LogP contribution in [0.2, 0.25) is 0 Å². The zero-order chi connectivity index (χ0) is 17.1. The van der Waals surface area contributed by atoms with Crippen molar-refractivity contribution in [2.24, 2.45) is 0 Å². The van der Waals surface area contributed by atoms with Gasteiger partial charge < -0.3 is 19.8 Å². The number of benzene rings is 2. The molecule has 128 valence electrons. The Kier molecular flexibility index (Phi) is 4.24. The molecule has 0 radical (unpaired) electrons. The quantitative estimate of drug-likeness (QED) is 0.750.